The van der Waals surface area contributed by atoms with Crippen LogP contribution in [-0.2, 0) is 6.42 Å². The largest absolute Gasteiger partial charge is 0.345 e. The van der Waals surface area contributed by atoms with Crippen LogP contribution in [0.25, 0.3) is 0 Å². The van der Waals surface area contributed by atoms with Gasteiger partial charge in [0.2, 0.25) is 0 Å². The predicted octanol–water partition coefficient (Wildman–Crippen LogP) is 2.74. The zero-order chi connectivity index (χ0) is 15.4. The van der Waals surface area contributed by atoms with Gasteiger partial charge in [-0.25, -0.2) is 0 Å². The summed E-state index contributed by atoms with van der Waals surface area (Å²) >= 11 is 0. The topological polar surface area (TPSA) is 62.0 Å². The molecule has 4 heteroatoms. The molecule has 0 aliphatic heterocycles. The fourth-order valence-electron chi connectivity index (χ4n) is 2.31. The summed E-state index contributed by atoms with van der Waals surface area (Å²) in [6.07, 6.45) is 0.739. The number of aromatic amines is 1. The van der Waals surface area contributed by atoms with E-state index in [1.54, 1.807) is 6.07 Å². The van der Waals surface area contributed by atoms with Gasteiger partial charge in [0.1, 0.15) is 5.56 Å². The molecule has 2 aromatic rings. The number of carbonyl (C=O) groups is 1. The Kier molecular flexibility index (Phi) is 4.58. The minimum absolute atomic E-state index is 0.149. The summed E-state index contributed by atoms with van der Waals surface area (Å²) in [7, 11) is 0. The van der Waals surface area contributed by atoms with Crippen molar-refractivity contribution in [2.24, 2.45) is 0 Å². The summed E-state index contributed by atoms with van der Waals surface area (Å²) in [6, 6.07) is 11.2. The molecule has 4 nitrogen and oxygen atoms in total. The molecule has 0 saturated heterocycles. The summed E-state index contributed by atoms with van der Waals surface area (Å²) in [4.78, 5) is 27.0. The van der Waals surface area contributed by atoms with Crippen LogP contribution in [0, 0.1) is 6.92 Å². The number of hydrogen-bond acceptors (Lipinski definition) is 2. The van der Waals surface area contributed by atoms with Gasteiger partial charge in [-0.2, -0.15) is 0 Å². The summed E-state index contributed by atoms with van der Waals surface area (Å²) in [5.74, 6) is -0.349. The number of rotatable bonds is 4. The number of amides is 1. The Hall–Kier alpha value is -2.36. The first kappa shape index (κ1) is 15.0. The van der Waals surface area contributed by atoms with Gasteiger partial charge in [-0.05, 0) is 37.5 Å². The van der Waals surface area contributed by atoms with Gasteiger partial charge in [-0.1, -0.05) is 37.3 Å². The highest BCUT2D eigenvalue weighted by Crippen LogP contribution is 2.12. The number of nitrogens with one attached hydrogen (secondary N) is 2. The quantitative estimate of drug-likeness (QED) is 0.906. The lowest BCUT2D eigenvalue weighted by atomic mass is 10.1. The average Bonchev–Trinajstić information content (AvgIpc) is 2.49. The Labute approximate surface area is 124 Å². The molecule has 0 aliphatic rings. The van der Waals surface area contributed by atoms with Gasteiger partial charge in [-0.15, -0.1) is 0 Å². The number of aryl methyl sites for hydroxylation is 2. The molecule has 0 bridgehead atoms. The number of aromatic nitrogens is 1. The van der Waals surface area contributed by atoms with Gasteiger partial charge in [0, 0.05) is 5.69 Å². The van der Waals surface area contributed by atoms with E-state index in [1.165, 1.54) is 0 Å². The highest BCUT2D eigenvalue weighted by atomic mass is 16.2. The smallest absolute Gasteiger partial charge is 0.261 e. The minimum Gasteiger partial charge on any atom is -0.345 e. The van der Waals surface area contributed by atoms with Crippen molar-refractivity contribution >= 4 is 5.91 Å². The average molecular weight is 284 g/mol. The maximum absolute atomic E-state index is 12.3. The third kappa shape index (κ3) is 3.40. The van der Waals surface area contributed by atoms with E-state index in [2.05, 4.69) is 10.3 Å². The van der Waals surface area contributed by atoms with Gasteiger partial charge in [0.25, 0.3) is 11.5 Å². The van der Waals surface area contributed by atoms with E-state index < -0.39 is 0 Å². The maximum Gasteiger partial charge on any atom is 0.261 e. The van der Waals surface area contributed by atoms with E-state index in [9.17, 15) is 9.59 Å². The maximum atomic E-state index is 12.3. The van der Waals surface area contributed by atoms with Crippen molar-refractivity contribution in [3.63, 3.8) is 0 Å². The lowest BCUT2D eigenvalue weighted by molar-refractivity contribution is 0.0938. The Morgan fingerprint density at radius 2 is 1.95 bits per heavy atom. The monoisotopic (exact) mass is 284 g/mol. The molecule has 0 fully saturated rings. The van der Waals surface area contributed by atoms with Gasteiger partial charge in [0.15, 0.2) is 0 Å². The summed E-state index contributed by atoms with van der Waals surface area (Å²) in [6.45, 7) is 5.76. The number of H-pyrrole nitrogens is 1. The third-order valence-electron chi connectivity index (χ3n) is 3.59. The van der Waals surface area contributed by atoms with Crippen LogP contribution in [0.1, 0.15) is 47.1 Å². The molecule has 0 spiro atoms. The Morgan fingerprint density at radius 3 is 2.57 bits per heavy atom. The minimum atomic E-state index is -0.349. The first-order valence-corrected chi connectivity index (χ1v) is 7.11. The second kappa shape index (κ2) is 6.39. The van der Waals surface area contributed by atoms with E-state index in [-0.39, 0.29) is 23.1 Å². The van der Waals surface area contributed by atoms with Crippen LogP contribution in [0.4, 0.5) is 0 Å². The van der Waals surface area contributed by atoms with Crippen molar-refractivity contribution < 1.29 is 4.79 Å². The zero-order valence-corrected chi connectivity index (χ0v) is 12.6. The standard InChI is InChI=1S/C17H20N2O2/c1-4-15-11(2)10-14(17(21)19-15)16(20)18-12(3)13-8-6-5-7-9-13/h5-10,12H,4H2,1-3H3,(H,18,20)(H,19,21)/t12-/m1/s1. The molecule has 2 rings (SSSR count). The molecule has 1 aromatic heterocycles. The van der Waals surface area contributed by atoms with Gasteiger partial charge >= 0.3 is 0 Å². The zero-order valence-electron chi connectivity index (χ0n) is 12.6. The van der Waals surface area contributed by atoms with E-state index >= 15 is 0 Å². The van der Waals surface area contributed by atoms with E-state index in [1.807, 2.05) is 51.1 Å². The first-order valence-electron chi connectivity index (χ1n) is 7.11. The molecule has 2 N–H and O–H groups in total. The highest BCUT2D eigenvalue weighted by molar-refractivity contribution is 5.94. The molecule has 0 radical (unpaired) electrons. The van der Waals surface area contributed by atoms with Crippen LogP contribution in [-0.4, -0.2) is 10.9 Å². The van der Waals surface area contributed by atoms with Crippen LogP contribution in [0.3, 0.4) is 0 Å². The van der Waals surface area contributed by atoms with Crippen LogP contribution < -0.4 is 10.9 Å². The second-order valence-electron chi connectivity index (χ2n) is 5.13. The van der Waals surface area contributed by atoms with Gasteiger partial charge < -0.3 is 10.3 Å². The summed E-state index contributed by atoms with van der Waals surface area (Å²) in [5.41, 5.74) is 2.62. The number of hydrogen-bond donors (Lipinski definition) is 2. The predicted molar refractivity (Wildman–Crippen MR) is 83.5 cm³/mol. The fraction of sp³-hybridized carbons (Fsp3) is 0.294. The molecule has 0 unspecified atom stereocenters. The molecule has 21 heavy (non-hydrogen) atoms. The van der Waals surface area contributed by atoms with Crippen LogP contribution in [0.15, 0.2) is 41.2 Å². The van der Waals surface area contributed by atoms with Crippen LogP contribution in [0.5, 0.6) is 0 Å². The molecular formula is C17H20N2O2. The van der Waals surface area contributed by atoms with Crippen LogP contribution in [0.2, 0.25) is 0 Å². The second-order valence-corrected chi connectivity index (χ2v) is 5.13. The molecular weight excluding hydrogens is 264 g/mol. The lowest BCUT2D eigenvalue weighted by Crippen LogP contribution is -2.32. The normalized spacial score (nSPS) is 12.0. The van der Waals surface area contributed by atoms with E-state index in [0.717, 1.165) is 23.2 Å². The van der Waals surface area contributed by atoms with Gasteiger partial charge in [-0.3, -0.25) is 9.59 Å². The molecule has 1 amide bonds. The lowest BCUT2D eigenvalue weighted by Gasteiger charge is -2.14. The first-order chi connectivity index (χ1) is 10.0. The molecule has 1 heterocycles. The van der Waals surface area contributed by atoms with Crippen molar-refractivity contribution in [2.45, 2.75) is 33.2 Å². The molecule has 1 atom stereocenters. The summed E-state index contributed by atoms with van der Waals surface area (Å²) in [5, 5.41) is 2.86. The molecule has 0 saturated carbocycles. The molecule has 110 valence electrons. The fourth-order valence-corrected chi connectivity index (χ4v) is 2.31. The Morgan fingerprint density at radius 1 is 1.29 bits per heavy atom. The van der Waals surface area contributed by atoms with Crippen molar-refractivity contribution in [1.29, 1.82) is 0 Å². The van der Waals surface area contributed by atoms with Crippen molar-refractivity contribution in [2.75, 3.05) is 0 Å². The van der Waals surface area contributed by atoms with Crippen molar-refractivity contribution in [1.82, 2.24) is 10.3 Å². The van der Waals surface area contributed by atoms with Gasteiger partial charge in [0.05, 0.1) is 6.04 Å². The SMILES string of the molecule is CCc1[nH]c(=O)c(C(=O)N[C@H](C)c2ccccc2)cc1C. The number of carbonyl (C=O) groups excluding carboxylic acids is 1. The van der Waals surface area contributed by atoms with Crippen molar-refractivity contribution in [3.8, 4) is 0 Å². The number of pyridine rings is 1. The number of benzene rings is 1. The van der Waals surface area contributed by atoms with E-state index in [4.69, 9.17) is 0 Å². The summed E-state index contributed by atoms with van der Waals surface area (Å²) < 4.78 is 0. The van der Waals surface area contributed by atoms with Crippen LogP contribution >= 0.6 is 0 Å². The van der Waals surface area contributed by atoms with E-state index in [0.29, 0.717) is 0 Å². The Bertz CT molecular complexity index is 690. The molecule has 0 aliphatic carbocycles. The highest BCUT2D eigenvalue weighted by Gasteiger charge is 2.15. The Balaban J connectivity index is 2.21. The third-order valence-corrected chi connectivity index (χ3v) is 3.59. The van der Waals surface area contributed by atoms with Crippen molar-refractivity contribution in [3.05, 3.63) is 69.1 Å². The molecule has 1 aromatic carbocycles.